The van der Waals surface area contributed by atoms with Gasteiger partial charge in [0.05, 0.1) is 5.88 Å². The van der Waals surface area contributed by atoms with E-state index in [0.29, 0.717) is 0 Å². The van der Waals surface area contributed by atoms with Gasteiger partial charge in [0, 0.05) is 13.2 Å². The fraction of sp³-hybridized carbons (Fsp3) is 0.333. The van der Waals surface area contributed by atoms with Gasteiger partial charge in [-0.1, -0.05) is 0 Å². The number of aromatic nitrogens is 1. The fourth-order valence-corrected chi connectivity index (χ4v) is 0.787. The zero-order valence-electron chi connectivity index (χ0n) is 5.33. The molecule has 1 aromatic heterocycles. The van der Waals surface area contributed by atoms with Crippen LogP contribution in [0.15, 0.2) is 18.3 Å². The molecule has 0 radical (unpaired) electrons. The standard InChI is InChI=1S/C6H10N2S/c1-8(5-9)6-3-2-4-7-6/h2-4,7,9H,5H2,1H3. The lowest BCUT2D eigenvalue weighted by molar-refractivity contribution is 1.06. The van der Waals surface area contributed by atoms with Gasteiger partial charge < -0.3 is 9.88 Å². The second-order valence-electron chi connectivity index (χ2n) is 1.89. The van der Waals surface area contributed by atoms with Gasteiger partial charge >= 0.3 is 0 Å². The number of hydrogen-bond acceptors (Lipinski definition) is 2. The van der Waals surface area contributed by atoms with Crippen molar-refractivity contribution in [3.8, 4) is 0 Å². The zero-order valence-corrected chi connectivity index (χ0v) is 6.23. The summed E-state index contributed by atoms with van der Waals surface area (Å²) in [5, 5.41) is 0. The van der Waals surface area contributed by atoms with Gasteiger partial charge in [-0.3, -0.25) is 0 Å². The van der Waals surface area contributed by atoms with E-state index in [0.717, 1.165) is 11.7 Å². The molecular weight excluding hydrogens is 132 g/mol. The Labute approximate surface area is 60.3 Å². The Hall–Kier alpha value is -0.570. The summed E-state index contributed by atoms with van der Waals surface area (Å²) in [5.74, 6) is 1.84. The van der Waals surface area contributed by atoms with Crippen LogP contribution in [0.1, 0.15) is 0 Å². The van der Waals surface area contributed by atoms with Crippen LogP contribution in [0.25, 0.3) is 0 Å². The first-order valence-electron chi connectivity index (χ1n) is 2.80. The summed E-state index contributed by atoms with van der Waals surface area (Å²) in [4.78, 5) is 5.08. The molecule has 0 amide bonds. The van der Waals surface area contributed by atoms with Crippen molar-refractivity contribution in [2.75, 3.05) is 17.8 Å². The summed E-state index contributed by atoms with van der Waals surface area (Å²) in [6, 6.07) is 3.98. The van der Waals surface area contributed by atoms with Gasteiger partial charge in [-0.25, -0.2) is 0 Å². The minimum Gasteiger partial charge on any atom is -0.352 e. The largest absolute Gasteiger partial charge is 0.352 e. The van der Waals surface area contributed by atoms with E-state index in [4.69, 9.17) is 0 Å². The zero-order chi connectivity index (χ0) is 6.69. The molecule has 0 bridgehead atoms. The number of nitrogens with one attached hydrogen (secondary N) is 1. The molecule has 9 heavy (non-hydrogen) atoms. The van der Waals surface area contributed by atoms with E-state index < -0.39 is 0 Å². The number of rotatable bonds is 2. The van der Waals surface area contributed by atoms with Crippen molar-refractivity contribution in [1.82, 2.24) is 4.98 Å². The van der Waals surface area contributed by atoms with Crippen LogP contribution >= 0.6 is 12.6 Å². The third kappa shape index (κ3) is 1.42. The number of thiol groups is 1. The van der Waals surface area contributed by atoms with E-state index in [1.54, 1.807) is 0 Å². The normalized spacial score (nSPS) is 9.56. The van der Waals surface area contributed by atoms with Crippen LogP contribution in [0.4, 0.5) is 5.82 Å². The molecule has 0 atom stereocenters. The Kier molecular flexibility index (Phi) is 2.05. The molecule has 0 spiro atoms. The van der Waals surface area contributed by atoms with Crippen molar-refractivity contribution >= 4 is 18.4 Å². The van der Waals surface area contributed by atoms with Gasteiger partial charge in [0.1, 0.15) is 5.82 Å². The maximum absolute atomic E-state index is 4.11. The van der Waals surface area contributed by atoms with E-state index in [9.17, 15) is 0 Å². The van der Waals surface area contributed by atoms with Gasteiger partial charge in [0.2, 0.25) is 0 Å². The molecule has 0 unspecified atom stereocenters. The first kappa shape index (κ1) is 6.55. The van der Waals surface area contributed by atoms with E-state index >= 15 is 0 Å². The highest BCUT2D eigenvalue weighted by Gasteiger charge is 1.94. The average molecular weight is 142 g/mol. The molecule has 2 nitrogen and oxygen atoms in total. The van der Waals surface area contributed by atoms with Crippen LogP contribution in [-0.2, 0) is 0 Å². The van der Waals surface area contributed by atoms with Crippen molar-refractivity contribution in [3.63, 3.8) is 0 Å². The summed E-state index contributed by atoms with van der Waals surface area (Å²) >= 11 is 4.11. The maximum atomic E-state index is 4.11. The van der Waals surface area contributed by atoms with Crippen molar-refractivity contribution in [3.05, 3.63) is 18.3 Å². The molecule has 0 aliphatic rings. The molecule has 0 saturated carbocycles. The van der Waals surface area contributed by atoms with E-state index in [1.807, 2.05) is 30.3 Å². The van der Waals surface area contributed by atoms with Crippen molar-refractivity contribution in [2.24, 2.45) is 0 Å². The Morgan fingerprint density at radius 1 is 1.78 bits per heavy atom. The van der Waals surface area contributed by atoms with Crippen LogP contribution < -0.4 is 4.90 Å². The predicted molar refractivity (Wildman–Crippen MR) is 43.0 cm³/mol. The van der Waals surface area contributed by atoms with Gasteiger partial charge in [-0.15, -0.1) is 0 Å². The van der Waals surface area contributed by atoms with Crippen molar-refractivity contribution < 1.29 is 0 Å². The smallest absolute Gasteiger partial charge is 0.106 e. The van der Waals surface area contributed by atoms with Gasteiger partial charge in [-0.05, 0) is 12.1 Å². The van der Waals surface area contributed by atoms with Crippen molar-refractivity contribution in [2.45, 2.75) is 0 Å². The number of aromatic amines is 1. The molecule has 1 aromatic rings. The van der Waals surface area contributed by atoms with Crippen LogP contribution in [0.5, 0.6) is 0 Å². The molecule has 0 aliphatic heterocycles. The minimum absolute atomic E-state index is 0.737. The van der Waals surface area contributed by atoms with E-state index in [2.05, 4.69) is 17.6 Å². The summed E-state index contributed by atoms with van der Waals surface area (Å²) in [5.41, 5.74) is 0. The van der Waals surface area contributed by atoms with Gasteiger partial charge in [0.25, 0.3) is 0 Å². The second kappa shape index (κ2) is 2.82. The molecule has 0 aromatic carbocycles. The summed E-state index contributed by atoms with van der Waals surface area (Å²) < 4.78 is 0. The highest BCUT2D eigenvalue weighted by molar-refractivity contribution is 7.80. The number of nitrogens with zero attached hydrogens (tertiary/aromatic N) is 1. The molecule has 1 N–H and O–H groups in total. The van der Waals surface area contributed by atoms with E-state index in [1.165, 1.54) is 0 Å². The Balaban J connectivity index is 2.65. The molecule has 0 aliphatic carbocycles. The quantitative estimate of drug-likeness (QED) is 0.471. The van der Waals surface area contributed by atoms with Gasteiger partial charge in [-0.2, -0.15) is 12.6 Å². The number of H-pyrrole nitrogens is 1. The molecule has 1 rings (SSSR count). The van der Waals surface area contributed by atoms with Crippen LogP contribution in [0.2, 0.25) is 0 Å². The molecule has 0 fully saturated rings. The Morgan fingerprint density at radius 2 is 2.56 bits per heavy atom. The highest BCUT2D eigenvalue weighted by atomic mass is 32.1. The van der Waals surface area contributed by atoms with Crippen LogP contribution in [0, 0.1) is 0 Å². The Bertz CT molecular complexity index is 160. The summed E-state index contributed by atoms with van der Waals surface area (Å²) in [7, 11) is 1.98. The first-order chi connectivity index (χ1) is 4.34. The minimum atomic E-state index is 0.737. The summed E-state index contributed by atoms with van der Waals surface area (Å²) in [6.45, 7) is 0. The summed E-state index contributed by atoms with van der Waals surface area (Å²) in [6.07, 6.45) is 1.90. The van der Waals surface area contributed by atoms with Crippen LogP contribution in [-0.4, -0.2) is 17.9 Å². The third-order valence-corrected chi connectivity index (χ3v) is 1.63. The molecular formula is C6H10N2S. The number of anilines is 1. The highest BCUT2D eigenvalue weighted by Crippen LogP contribution is 2.06. The lowest BCUT2D eigenvalue weighted by Gasteiger charge is -2.12. The predicted octanol–water partition coefficient (Wildman–Crippen LogP) is 1.34. The van der Waals surface area contributed by atoms with Crippen LogP contribution in [0.3, 0.4) is 0 Å². The second-order valence-corrected chi connectivity index (χ2v) is 2.18. The molecule has 0 saturated heterocycles. The monoisotopic (exact) mass is 142 g/mol. The molecule has 1 heterocycles. The maximum Gasteiger partial charge on any atom is 0.106 e. The lowest BCUT2D eigenvalue weighted by Crippen LogP contribution is -2.14. The Morgan fingerprint density at radius 3 is 3.00 bits per heavy atom. The first-order valence-corrected chi connectivity index (χ1v) is 3.43. The van der Waals surface area contributed by atoms with E-state index in [-0.39, 0.29) is 0 Å². The molecule has 3 heteroatoms. The molecule has 50 valence electrons. The SMILES string of the molecule is CN(CS)c1ccc[nH]1. The average Bonchev–Trinajstić information content (AvgIpc) is 2.37. The lowest BCUT2D eigenvalue weighted by atomic mass is 10.6. The fourth-order valence-electron chi connectivity index (χ4n) is 0.634. The third-order valence-electron chi connectivity index (χ3n) is 1.20. The van der Waals surface area contributed by atoms with Crippen molar-refractivity contribution in [1.29, 1.82) is 0 Å². The van der Waals surface area contributed by atoms with Gasteiger partial charge in [0.15, 0.2) is 0 Å². The topological polar surface area (TPSA) is 19.0 Å². The number of hydrogen-bond donors (Lipinski definition) is 2.